The number of hydrogen-bond donors (Lipinski definition) is 2. The summed E-state index contributed by atoms with van der Waals surface area (Å²) in [5.74, 6) is 0.983. The quantitative estimate of drug-likeness (QED) is 0.740. The van der Waals surface area contributed by atoms with Crippen molar-refractivity contribution in [2.24, 2.45) is 0 Å². The standard InChI is InChI=1S/C20H24N4O2/c1-26-17-9-7-16(8-10-17)23-20-22-14-12-18(24-20)19(25)21-13-11-15-5-3-2-4-6-15/h5,7-10,12,14H,2-4,6,11,13H2,1H3,(H,21,25)(H,22,23,24). The summed E-state index contributed by atoms with van der Waals surface area (Å²) in [6.07, 6.45) is 9.64. The number of amides is 1. The zero-order valence-corrected chi connectivity index (χ0v) is 15.0. The van der Waals surface area contributed by atoms with Crippen LogP contribution in [0.1, 0.15) is 42.6 Å². The Labute approximate surface area is 153 Å². The summed E-state index contributed by atoms with van der Waals surface area (Å²) in [5.41, 5.74) is 2.63. The number of allylic oxidation sites excluding steroid dienone is 1. The maximum absolute atomic E-state index is 12.3. The van der Waals surface area contributed by atoms with Crippen LogP contribution in [-0.4, -0.2) is 29.5 Å². The number of aromatic nitrogens is 2. The van der Waals surface area contributed by atoms with E-state index in [2.05, 4.69) is 26.7 Å². The van der Waals surface area contributed by atoms with E-state index in [1.54, 1.807) is 19.4 Å². The van der Waals surface area contributed by atoms with Gasteiger partial charge < -0.3 is 15.4 Å². The van der Waals surface area contributed by atoms with Gasteiger partial charge in [-0.2, -0.15) is 0 Å². The summed E-state index contributed by atoms with van der Waals surface area (Å²) in [7, 11) is 1.62. The molecule has 0 bridgehead atoms. The van der Waals surface area contributed by atoms with E-state index in [-0.39, 0.29) is 5.91 Å². The maximum atomic E-state index is 12.3. The van der Waals surface area contributed by atoms with Crippen LogP contribution in [0.3, 0.4) is 0 Å². The van der Waals surface area contributed by atoms with Crippen molar-refractivity contribution in [1.82, 2.24) is 15.3 Å². The molecule has 0 fully saturated rings. The monoisotopic (exact) mass is 352 g/mol. The normalized spacial score (nSPS) is 13.7. The molecule has 0 saturated heterocycles. The third kappa shape index (κ3) is 5.05. The number of rotatable bonds is 7. The second-order valence-electron chi connectivity index (χ2n) is 6.23. The van der Waals surface area contributed by atoms with Crippen LogP contribution in [0.4, 0.5) is 11.6 Å². The second kappa shape index (κ2) is 8.99. The molecule has 1 amide bonds. The van der Waals surface area contributed by atoms with E-state index in [0.29, 0.717) is 18.2 Å². The van der Waals surface area contributed by atoms with Gasteiger partial charge in [0.05, 0.1) is 7.11 Å². The van der Waals surface area contributed by atoms with Gasteiger partial charge in [0.1, 0.15) is 11.4 Å². The van der Waals surface area contributed by atoms with Gasteiger partial charge in [-0.1, -0.05) is 11.6 Å². The first kappa shape index (κ1) is 17.9. The van der Waals surface area contributed by atoms with Gasteiger partial charge in [-0.3, -0.25) is 4.79 Å². The molecule has 6 heteroatoms. The molecule has 0 atom stereocenters. The molecule has 6 nitrogen and oxygen atoms in total. The third-order valence-electron chi connectivity index (χ3n) is 4.35. The fourth-order valence-electron chi connectivity index (χ4n) is 2.91. The van der Waals surface area contributed by atoms with Crippen molar-refractivity contribution < 1.29 is 9.53 Å². The van der Waals surface area contributed by atoms with Gasteiger partial charge in [-0.25, -0.2) is 9.97 Å². The minimum absolute atomic E-state index is 0.179. The summed E-state index contributed by atoms with van der Waals surface area (Å²) < 4.78 is 5.14. The van der Waals surface area contributed by atoms with Gasteiger partial charge in [0.25, 0.3) is 5.91 Å². The molecule has 136 valence electrons. The summed E-state index contributed by atoms with van der Waals surface area (Å²) in [4.78, 5) is 20.8. The van der Waals surface area contributed by atoms with Crippen LogP contribution in [0.5, 0.6) is 5.75 Å². The number of anilines is 2. The van der Waals surface area contributed by atoms with Crippen molar-refractivity contribution in [3.05, 3.63) is 53.9 Å². The molecule has 3 rings (SSSR count). The molecule has 1 aromatic carbocycles. The summed E-state index contributed by atoms with van der Waals surface area (Å²) in [6.45, 7) is 0.635. The molecule has 26 heavy (non-hydrogen) atoms. The Hall–Kier alpha value is -2.89. The predicted molar refractivity (Wildman–Crippen MR) is 102 cm³/mol. The molecule has 2 N–H and O–H groups in total. The van der Waals surface area contributed by atoms with Crippen LogP contribution in [-0.2, 0) is 0 Å². The van der Waals surface area contributed by atoms with Crippen LogP contribution in [0.15, 0.2) is 48.2 Å². The highest BCUT2D eigenvalue weighted by Crippen LogP contribution is 2.20. The van der Waals surface area contributed by atoms with Gasteiger partial charge in [0, 0.05) is 18.4 Å². The van der Waals surface area contributed by atoms with E-state index >= 15 is 0 Å². The molecule has 0 saturated carbocycles. The lowest BCUT2D eigenvalue weighted by Crippen LogP contribution is -2.26. The Morgan fingerprint density at radius 2 is 2.04 bits per heavy atom. The Morgan fingerprint density at radius 3 is 2.77 bits per heavy atom. The lowest BCUT2D eigenvalue weighted by molar-refractivity contribution is 0.0949. The largest absolute Gasteiger partial charge is 0.497 e. The van der Waals surface area contributed by atoms with Crippen LogP contribution in [0.2, 0.25) is 0 Å². The van der Waals surface area contributed by atoms with Gasteiger partial charge in [0.2, 0.25) is 5.95 Å². The van der Waals surface area contributed by atoms with Gasteiger partial charge >= 0.3 is 0 Å². The molecule has 0 aliphatic heterocycles. The zero-order chi connectivity index (χ0) is 18.2. The van der Waals surface area contributed by atoms with E-state index in [9.17, 15) is 4.79 Å². The summed E-state index contributed by atoms with van der Waals surface area (Å²) in [5, 5.41) is 6.03. The summed E-state index contributed by atoms with van der Waals surface area (Å²) >= 11 is 0. The van der Waals surface area contributed by atoms with Crippen LogP contribution in [0, 0.1) is 0 Å². The first-order chi connectivity index (χ1) is 12.7. The van der Waals surface area contributed by atoms with E-state index in [1.807, 2.05) is 24.3 Å². The smallest absolute Gasteiger partial charge is 0.270 e. The van der Waals surface area contributed by atoms with Crippen molar-refractivity contribution in [1.29, 1.82) is 0 Å². The van der Waals surface area contributed by atoms with Crippen molar-refractivity contribution in [2.45, 2.75) is 32.1 Å². The average molecular weight is 352 g/mol. The lowest BCUT2D eigenvalue weighted by atomic mass is 9.97. The Kier molecular flexibility index (Phi) is 6.19. The molecule has 0 spiro atoms. The minimum Gasteiger partial charge on any atom is -0.497 e. The number of carbonyl (C=O) groups excluding carboxylic acids is 1. The fourth-order valence-corrected chi connectivity index (χ4v) is 2.91. The fraction of sp³-hybridized carbons (Fsp3) is 0.350. The molecular weight excluding hydrogens is 328 g/mol. The number of ether oxygens (including phenoxy) is 1. The van der Waals surface area contributed by atoms with Gasteiger partial charge in [0.15, 0.2) is 0 Å². The van der Waals surface area contributed by atoms with E-state index in [4.69, 9.17) is 4.74 Å². The zero-order valence-electron chi connectivity index (χ0n) is 15.0. The summed E-state index contributed by atoms with van der Waals surface area (Å²) in [6, 6.07) is 9.05. The number of methoxy groups -OCH3 is 1. The van der Waals surface area contributed by atoms with Crippen molar-refractivity contribution >= 4 is 17.5 Å². The Bertz CT molecular complexity index is 772. The molecule has 1 heterocycles. The van der Waals surface area contributed by atoms with E-state index in [0.717, 1.165) is 30.7 Å². The minimum atomic E-state index is -0.179. The van der Waals surface area contributed by atoms with Gasteiger partial charge in [-0.15, -0.1) is 0 Å². The molecule has 1 aliphatic carbocycles. The maximum Gasteiger partial charge on any atom is 0.270 e. The molecule has 2 aromatic rings. The molecule has 1 aromatic heterocycles. The Morgan fingerprint density at radius 1 is 1.19 bits per heavy atom. The first-order valence-corrected chi connectivity index (χ1v) is 8.95. The van der Waals surface area contributed by atoms with Crippen molar-refractivity contribution in [2.75, 3.05) is 19.0 Å². The SMILES string of the molecule is COc1ccc(Nc2nccc(C(=O)NCCC3=CCCCC3)n2)cc1. The van der Waals surface area contributed by atoms with Crippen LogP contribution in [0.25, 0.3) is 0 Å². The number of benzene rings is 1. The van der Waals surface area contributed by atoms with E-state index < -0.39 is 0 Å². The third-order valence-corrected chi connectivity index (χ3v) is 4.35. The second-order valence-corrected chi connectivity index (χ2v) is 6.23. The lowest BCUT2D eigenvalue weighted by Gasteiger charge is -2.13. The molecule has 0 radical (unpaired) electrons. The highest BCUT2D eigenvalue weighted by Gasteiger charge is 2.10. The molecule has 1 aliphatic rings. The molecular formula is C20H24N4O2. The topological polar surface area (TPSA) is 76.1 Å². The number of hydrogen-bond acceptors (Lipinski definition) is 5. The number of nitrogens with zero attached hydrogens (tertiary/aromatic N) is 2. The Balaban J connectivity index is 1.55. The highest BCUT2D eigenvalue weighted by molar-refractivity contribution is 5.92. The van der Waals surface area contributed by atoms with E-state index in [1.165, 1.54) is 18.4 Å². The first-order valence-electron chi connectivity index (χ1n) is 8.95. The van der Waals surface area contributed by atoms with Crippen LogP contribution < -0.4 is 15.4 Å². The van der Waals surface area contributed by atoms with Crippen molar-refractivity contribution in [3.8, 4) is 5.75 Å². The molecule has 0 unspecified atom stereocenters. The predicted octanol–water partition coefficient (Wildman–Crippen LogP) is 3.85. The average Bonchev–Trinajstić information content (AvgIpc) is 2.69. The number of nitrogens with one attached hydrogen (secondary N) is 2. The van der Waals surface area contributed by atoms with Crippen LogP contribution >= 0.6 is 0 Å². The van der Waals surface area contributed by atoms with Crippen molar-refractivity contribution in [3.63, 3.8) is 0 Å². The van der Waals surface area contributed by atoms with Gasteiger partial charge in [-0.05, 0) is 62.4 Å². The highest BCUT2D eigenvalue weighted by atomic mass is 16.5. The number of carbonyl (C=O) groups is 1.